The molecule has 0 saturated carbocycles. The number of hydrogen-bond acceptors (Lipinski definition) is 3. The van der Waals surface area contributed by atoms with Gasteiger partial charge in [0.1, 0.15) is 5.54 Å². The van der Waals surface area contributed by atoms with Crippen molar-refractivity contribution in [3.05, 3.63) is 23.7 Å². The van der Waals surface area contributed by atoms with Crippen molar-refractivity contribution in [1.29, 1.82) is 0 Å². The maximum atomic E-state index is 11.4. The first-order valence-corrected chi connectivity index (χ1v) is 4.46. The molecule has 74 valence electrons. The van der Waals surface area contributed by atoms with E-state index in [1.165, 1.54) is 0 Å². The smallest absolute Gasteiger partial charge is 0.253 e. The van der Waals surface area contributed by atoms with Crippen LogP contribution < -0.4 is 5.32 Å². The number of aryl methyl sites for hydroxylation is 1. The zero-order valence-electron chi connectivity index (χ0n) is 8.42. The molecule has 1 aromatic heterocycles. The molecule has 0 saturated heterocycles. The van der Waals surface area contributed by atoms with Crippen LogP contribution in [-0.2, 0) is 4.79 Å². The van der Waals surface area contributed by atoms with Crippen molar-refractivity contribution in [2.45, 2.75) is 26.3 Å². The average Bonchev–Trinajstić information content (AvgIpc) is 2.58. The van der Waals surface area contributed by atoms with Crippen LogP contribution in [0.15, 0.2) is 21.7 Å². The van der Waals surface area contributed by atoms with E-state index in [1.54, 1.807) is 20.1 Å². The minimum absolute atomic E-state index is 0.0942. The second-order valence-corrected chi connectivity index (χ2v) is 3.91. The number of nitrogens with zero attached hydrogens (tertiary/aromatic N) is 1. The van der Waals surface area contributed by atoms with E-state index in [2.05, 4.69) is 10.3 Å². The number of nitrogens with one attached hydrogen (secondary N) is 1. The number of aliphatic imine (C=N–C) groups is 1. The van der Waals surface area contributed by atoms with Crippen LogP contribution in [-0.4, -0.2) is 17.3 Å². The van der Waals surface area contributed by atoms with Gasteiger partial charge in [0.05, 0.1) is 6.26 Å². The summed E-state index contributed by atoms with van der Waals surface area (Å²) in [5.41, 5.74) is 0.288. The first-order valence-electron chi connectivity index (χ1n) is 4.46. The molecule has 0 unspecified atom stereocenters. The van der Waals surface area contributed by atoms with E-state index in [9.17, 15) is 4.79 Å². The van der Waals surface area contributed by atoms with Crippen molar-refractivity contribution >= 4 is 11.7 Å². The van der Waals surface area contributed by atoms with Crippen molar-refractivity contribution in [3.63, 3.8) is 0 Å². The first kappa shape index (κ1) is 8.99. The summed E-state index contributed by atoms with van der Waals surface area (Å²) in [5, 5.41) is 2.70. The highest BCUT2D eigenvalue weighted by Gasteiger charge is 2.35. The molecular weight excluding hydrogens is 180 g/mol. The molecule has 1 aliphatic rings. The third-order valence-corrected chi connectivity index (χ3v) is 2.26. The van der Waals surface area contributed by atoms with Crippen molar-refractivity contribution < 1.29 is 9.21 Å². The van der Waals surface area contributed by atoms with Crippen molar-refractivity contribution in [2.24, 2.45) is 4.99 Å². The van der Waals surface area contributed by atoms with E-state index in [0.717, 1.165) is 5.56 Å². The molecule has 1 amide bonds. The van der Waals surface area contributed by atoms with E-state index in [0.29, 0.717) is 11.6 Å². The van der Waals surface area contributed by atoms with Gasteiger partial charge in [0, 0.05) is 0 Å². The molecule has 1 aromatic rings. The molecule has 4 nitrogen and oxygen atoms in total. The lowest BCUT2D eigenvalue weighted by Gasteiger charge is -2.07. The number of carbonyl (C=O) groups is 1. The Morgan fingerprint density at radius 2 is 2.21 bits per heavy atom. The fourth-order valence-electron chi connectivity index (χ4n) is 1.34. The highest BCUT2D eigenvalue weighted by molar-refractivity contribution is 6.14. The second kappa shape index (κ2) is 2.70. The first-order chi connectivity index (χ1) is 6.50. The molecule has 2 rings (SSSR count). The van der Waals surface area contributed by atoms with Gasteiger partial charge in [-0.2, -0.15) is 0 Å². The lowest BCUT2D eigenvalue weighted by atomic mass is 10.1. The van der Waals surface area contributed by atoms with Crippen LogP contribution in [0.1, 0.15) is 25.2 Å². The van der Waals surface area contributed by atoms with Gasteiger partial charge in [-0.15, -0.1) is 0 Å². The summed E-state index contributed by atoms with van der Waals surface area (Å²) < 4.78 is 5.24. The summed E-state index contributed by atoms with van der Waals surface area (Å²) in [4.78, 5) is 15.7. The van der Waals surface area contributed by atoms with Crippen LogP contribution in [0.2, 0.25) is 0 Å². The minimum atomic E-state index is -0.686. The third-order valence-electron chi connectivity index (χ3n) is 2.26. The quantitative estimate of drug-likeness (QED) is 0.727. The fraction of sp³-hybridized carbons (Fsp3) is 0.400. The zero-order valence-corrected chi connectivity index (χ0v) is 8.42. The van der Waals surface area contributed by atoms with Gasteiger partial charge >= 0.3 is 0 Å². The van der Waals surface area contributed by atoms with Crippen LogP contribution in [0.4, 0.5) is 0 Å². The Morgan fingerprint density at radius 3 is 2.64 bits per heavy atom. The average molecular weight is 192 g/mol. The summed E-state index contributed by atoms with van der Waals surface area (Å²) in [7, 11) is 0. The largest absolute Gasteiger partial charge is 0.461 e. The Balaban J connectivity index is 2.40. The molecule has 14 heavy (non-hydrogen) atoms. The van der Waals surface area contributed by atoms with Gasteiger partial charge in [-0.25, -0.2) is 4.99 Å². The number of amides is 1. The maximum Gasteiger partial charge on any atom is 0.253 e. The number of hydrogen-bond donors (Lipinski definition) is 1. The van der Waals surface area contributed by atoms with E-state index in [-0.39, 0.29) is 5.91 Å². The summed E-state index contributed by atoms with van der Waals surface area (Å²) >= 11 is 0. The lowest BCUT2D eigenvalue weighted by Crippen LogP contribution is -2.34. The van der Waals surface area contributed by atoms with Gasteiger partial charge in [0.15, 0.2) is 11.6 Å². The van der Waals surface area contributed by atoms with Crippen molar-refractivity contribution in [3.8, 4) is 0 Å². The summed E-state index contributed by atoms with van der Waals surface area (Å²) in [6.07, 6.45) is 1.59. The standard InChI is InChI=1S/C10H12N2O2/c1-6-4-5-14-7(6)8-11-9(13)10(2,3)12-8/h4-5H,1-3H3,(H,11,12,13). The minimum Gasteiger partial charge on any atom is -0.461 e. The van der Waals surface area contributed by atoms with Crippen molar-refractivity contribution in [2.75, 3.05) is 0 Å². The van der Waals surface area contributed by atoms with E-state index in [1.807, 2.05) is 13.0 Å². The predicted molar refractivity (Wildman–Crippen MR) is 52.2 cm³/mol. The SMILES string of the molecule is Cc1ccoc1C1=NC(C)(C)C(=O)N1. The molecule has 0 bridgehead atoms. The number of furan rings is 1. The normalized spacial score (nSPS) is 19.4. The van der Waals surface area contributed by atoms with Crippen LogP contribution in [0.5, 0.6) is 0 Å². The van der Waals surface area contributed by atoms with Crippen LogP contribution >= 0.6 is 0 Å². The molecule has 0 aromatic carbocycles. The van der Waals surface area contributed by atoms with Gasteiger partial charge in [-0.1, -0.05) is 0 Å². The molecule has 4 heteroatoms. The number of amidine groups is 1. The van der Waals surface area contributed by atoms with E-state index >= 15 is 0 Å². The van der Waals surface area contributed by atoms with Crippen molar-refractivity contribution in [1.82, 2.24) is 5.32 Å². The van der Waals surface area contributed by atoms with E-state index in [4.69, 9.17) is 4.42 Å². The van der Waals surface area contributed by atoms with E-state index < -0.39 is 5.54 Å². The highest BCUT2D eigenvalue weighted by atomic mass is 16.3. The van der Waals surface area contributed by atoms with Gasteiger partial charge < -0.3 is 9.73 Å². The van der Waals surface area contributed by atoms with Gasteiger partial charge in [0.25, 0.3) is 5.91 Å². The molecule has 1 aliphatic heterocycles. The molecule has 0 radical (unpaired) electrons. The number of carbonyl (C=O) groups excluding carboxylic acids is 1. The zero-order chi connectivity index (χ0) is 10.3. The van der Waals surface area contributed by atoms with Gasteiger partial charge in [-0.3, -0.25) is 4.79 Å². The molecule has 0 spiro atoms. The molecule has 0 fully saturated rings. The molecule has 0 aliphatic carbocycles. The predicted octanol–water partition coefficient (Wildman–Crippen LogP) is 1.24. The third kappa shape index (κ3) is 1.23. The topological polar surface area (TPSA) is 54.6 Å². The summed E-state index contributed by atoms with van der Waals surface area (Å²) in [5.74, 6) is 1.08. The summed E-state index contributed by atoms with van der Waals surface area (Å²) in [6.45, 7) is 5.46. The molecule has 1 N–H and O–H groups in total. The van der Waals surface area contributed by atoms with Crippen LogP contribution in [0, 0.1) is 6.92 Å². The van der Waals surface area contributed by atoms with Gasteiger partial charge in [0.2, 0.25) is 0 Å². The molecule has 0 atom stereocenters. The van der Waals surface area contributed by atoms with Gasteiger partial charge in [-0.05, 0) is 32.4 Å². The molecular formula is C10H12N2O2. The maximum absolute atomic E-state index is 11.4. The Bertz CT molecular complexity index is 416. The van der Waals surface area contributed by atoms with Crippen LogP contribution in [0.25, 0.3) is 0 Å². The highest BCUT2D eigenvalue weighted by Crippen LogP contribution is 2.19. The lowest BCUT2D eigenvalue weighted by molar-refractivity contribution is -0.122. The fourth-order valence-corrected chi connectivity index (χ4v) is 1.34. The van der Waals surface area contributed by atoms with Crippen LogP contribution in [0.3, 0.4) is 0 Å². The Morgan fingerprint density at radius 1 is 1.50 bits per heavy atom. The number of rotatable bonds is 1. The Kier molecular flexibility index (Phi) is 1.74. The monoisotopic (exact) mass is 192 g/mol. The Labute approximate surface area is 82.0 Å². The second-order valence-electron chi connectivity index (χ2n) is 3.91. The Hall–Kier alpha value is -1.58. The summed E-state index contributed by atoms with van der Waals surface area (Å²) in [6, 6.07) is 1.84. The molecule has 2 heterocycles.